The summed E-state index contributed by atoms with van der Waals surface area (Å²) in [4.78, 5) is 11.9. The number of hydrogen-bond donors (Lipinski definition) is 0. The third-order valence-corrected chi connectivity index (χ3v) is 2.83. The standard InChI is InChI=1S/C13H14ClNO/c1-9(2)8-15-12-6-4-3-5-10(12)11(14)7-13(15)16/h3-7,9H,8H2,1-2H3. The molecule has 0 radical (unpaired) electrons. The van der Waals surface area contributed by atoms with Gasteiger partial charge in [0.05, 0.1) is 10.5 Å². The summed E-state index contributed by atoms with van der Waals surface area (Å²) in [5, 5.41) is 1.46. The van der Waals surface area contributed by atoms with Gasteiger partial charge in [-0.2, -0.15) is 0 Å². The summed E-state index contributed by atoms with van der Waals surface area (Å²) < 4.78 is 1.78. The molecule has 84 valence electrons. The third kappa shape index (κ3) is 1.98. The van der Waals surface area contributed by atoms with E-state index in [0.29, 0.717) is 10.9 Å². The normalized spacial score (nSPS) is 11.2. The van der Waals surface area contributed by atoms with E-state index in [1.807, 2.05) is 24.3 Å². The lowest BCUT2D eigenvalue weighted by Gasteiger charge is -2.12. The Kier molecular flexibility index (Phi) is 3.01. The average Bonchev–Trinajstić information content (AvgIpc) is 2.24. The Morgan fingerprint density at radius 2 is 2.00 bits per heavy atom. The van der Waals surface area contributed by atoms with Crippen LogP contribution in [0.4, 0.5) is 0 Å². The first-order valence-electron chi connectivity index (χ1n) is 5.37. The minimum absolute atomic E-state index is 0.0302. The van der Waals surface area contributed by atoms with Crippen molar-refractivity contribution in [1.29, 1.82) is 0 Å². The highest BCUT2D eigenvalue weighted by molar-refractivity contribution is 6.35. The summed E-state index contributed by atoms with van der Waals surface area (Å²) in [7, 11) is 0. The van der Waals surface area contributed by atoms with Gasteiger partial charge in [-0.1, -0.05) is 43.6 Å². The van der Waals surface area contributed by atoms with Crippen LogP contribution in [0.15, 0.2) is 35.1 Å². The molecule has 0 aliphatic heterocycles. The van der Waals surface area contributed by atoms with Gasteiger partial charge in [-0.05, 0) is 12.0 Å². The van der Waals surface area contributed by atoms with Crippen LogP contribution in [0.5, 0.6) is 0 Å². The SMILES string of the molecule is CC(C)Cn1c(=O)cc(Cl)c2ccccc21. The lowest BCUT2D eigenvalue weighted by atomic mass is 10.1. The van der Waals surface area contributed by atoms with Crippen LogP contribution in [0.3, 0.4) is 0 Å². The number of hydrogen-bond acceptors (Lipinski definition) is 1. The second kappa shape index (κ2) is 4.30. The van der Waals surface area contributed by atoms with Gasteiger partial charge in [0.2, 0.25) is 0 Å². The zero-order chi connectivity index (χ0) is 11.7. The molecule has 0 atom stereocenters. The number of benzene rings is 1. The highest BCUT2D eigenvalue weighted by atomic mass is 35.5. The number of pyridine rings is 1. The summed E-state index contributed by atoms with van der Waals surface area (Å²) in [6.07, 6.45) is 0. The van der Waals surface area contributed by atoms with Crippen molar-refractivity contribution in [2.24, 2.45) is 5.92 Å². The molecule has 0 bridgehead atoms. The van der Waals surface area contributed by atoms with Crippen LogP contribution in [0.1, 0.15) is 13.8 Å². The van der Waals surface area contributed by atoms with Crippen molar-refractivity contribution in [2.75, 3.05) is 0 Å². The molecule has 2 nitrogen and oxygen atoms in total. The summed E-state index contributed by atoms with van der Waals surface area (Å²) >= 11 is 6.06. The maximum atomic E-state index is 11.9. The van der Waals surface area contributed by atoms with Crippen molar-refractivity contribution in [3.63, 3.8) is 0 Å². The maximum Gasteiger partial charge on any atom is 0.252 e. The van der Waals surface area contributed by atoms with E-state index in [2.05, 4.69) is 13.8 Å². The van der Waals surface area contributed by atoms with Gasteiger partial charge in [0.15, 0.2) is 0 Å². The lowest BCUT2D eigenvalue weighted by molar-refractivity contribution is 0.524. The Balaban J connectivity index is 2.76. The average molecular weight is 236 g/mol. The molecule has 0 unspecified atom stereocenters. The van der Waals surface area contributed by atoms with Gasteiger partial charge in [0.25, 0.3) is 5.56 Å². The minimum Gasteiger partial charge on any atom is -0.308 e. The summed E-state index contributed by atoms with van der Waals surface area (Å²) in [5.41, 5.74) is 0.881. The number of rotatable bonds is 2. The first-order valence-corrected chi connectivity index (χ1v) is 5.75. The highest BCUT2D eigenvalue weighted by Gasteiger charge is 2.07. The maximum absolute atomic E-state index is 11.9. The zero-order valence-corrected chi connectivity index (χ0v) is 10.2. The van der Waals surface area contributed by atoms with Crippen LogP contribution < -0.4 is 5.56 Å². The molecule has 16 heavy (non-hydrogen) atoms. The third-order valence-electron chi connectivity index (χ3n) is 2.52. The first kappa shape index (κ1) is 11.2. The van der Waals surface area contributed by atoms with Crippen LogP contribution in [-0.4, -0.2) is 4.57 Å². The Bertz CT molecular complexity index is 572. The molecule has 2 aromatic rings. The van der Waals surface area contributed by atoms with E-state index in [1.165, 1.54) is 6.07 Å². The van der Waals surface area contributed by atoms with Gasteiger partial charge in [-0.15, -0.1) is 0 Å². The lowest BCUT2D eigenvalue weighted by Crippen LogP contribution is -2.22. The Labute approximate surface area is 99.5 Å². The van der Waals surface area contributed by atoms with Crippen molar-refractivity contribution in [3.8, 4) is 0 Å². The van der Waals surface area contributed by atoms with E-state index in [4.69, 9.17) is 11.6 Å². The van der Waals surface area contributed by atoms with Crippen molar-refractivity contribution >= 4 is 22.5 Å². The number of fused-ring (bicyclic) bond motifs is 1. The number of para-hydroxylation sites is 1. The fourth-order valence-electron chi connectivity index (χ4n) is 1.85. The Morgan fingerprint density at radius 1 is 1.31 bits per heavy atom. The van der Waals surface area contributed by atoms with E-state index in [-0.39, 0.29) is 5.56 Å². The summed E-state index contributed by atoms with van der Waals surface area (Å²) in [6.45, 7) is 4.90. The molecule has 1 aromatic carbocycles. The van der Waals surface area contributed by atoms with Crippen molar-refractivity contribution < 1.29 is 0 Å². The van der Waals surface area contributed by atoms with Gasteiger partial charge < -0.3 is 4.57 Å². The highest BCUT2D eigenvalue weighted by Crippen LogP contribution is 2.21. The molecule has 0 aliphatic rings. The van der Waals surface area contributed by atoms with Crippen LogP contribution >= 0.6 is 11.6 Å². The summed E-state index contributed by atoms with van der Waals surface area (Å²) in [6, 6.07) is 9.22. The van der Waals surface area contributed by atoms with E-state index in [0.717, 1.165) is 17.4 Å². The van der Waals surface area contributed by atoms with E-state index in [1.54, 1.807) is 4.57 Å². The fraction of sp³-hybridized carbons (Fsp3) is 0.308. The number of aromatic nitrogens is 1. The molecule has 1 aromatic heterocycles. The van der Waals surface area contributed by atoms with Crippen LogP contribution in [0.25, 0.3) is 10.9 Å². The number of nitrogens with zero attached hydrogens (tertiary/aromatic N) is 1. The predicted molar refractivity (Wildman–Crippen MR) is 68.1 cm³/mol. The topological polar surface area (TPSA) is 22.0 Å². The van der Waals surface area contributed by atoms with E-state index < -0.39 is 0 Å². The molecule has 0 fully saturated rings. The Hall–Kier alpha value is -1.28. The minimum atomic E-state index is -0.0302. The smallest absolute Gasteiger partial charge is 0.252 e. The number of halogens is 1. The van der Waals surface area contributed by atoms with Crippen LogP contribution in [0.2, 0.25) is 5.02 Å². The summed E-state index contributed by atoms with van der Waals surface area (Å²) in [5.74, 6) is 0.433. The molecule has 0 saturated carbocycles. The molecule has 0 N–H and O–H groups in total. The predicted octanol–water partition coefficient (Wildman–Crippen LogP) is 3.31. The second-order valence-corrected chi connectivity index (χ2v) is 4.76. The second-order valence-electron chi connectivity index (χ2n) is 4.35. The van der Waals surface area contributed by atoms with Gasteiger partial charge in [-0.3, -0.25) is 4.79 Å². The van der Waals surface area contributed by atoms with Gasteiger partial charge >= 0.3 is 0 Å². The van der Waals surface area contributed by atoms with E-state index >= 15 is 0 Å². The van der Waals surface area contributed by atoms with Crippen molar-refractivity contribution in [2.45, 2.75) is 20.4 Å². The monoisotopic (exact) mass is 235 g/mol. The first-order chi connectivity index (χ1) is 7.59. The van der Waals surface area contributed by atoms with Crippen LogP contribution in [-0.2, 0) is 6.54 Å². The largest absolute Gasteiger partial charge is 0.308 e. The molecule has 3 heteroatoms. The molecule has 0 amide bonds. The van der Waals surface area contributed by atoms with Crippen LogP contribution in [0, 0.1) is 5.92 Å². The molecule has 0 saturated heterocycles. The van der Waals surface area contributed by atoms with Crippen molar-refractivity contribution in [3.05, 3.63) is 45.7 Å². The zero-order valence-electron chi connectivity index (χ0n) is 9.40. The molecule has 0 spiro atoms. The molecular formula is C13H14ClNO. The molecule has 2 rings (SSSR count). The molecule has 1 heterocycles. The fourth-order valence-corrected chi connectivity index (χ4v) is 2.10. The van der Waals surface area contributed by atoms with E-state index in [9.17, 15) is 4.79 Å². The Morgan fingerprint density at radius 3 is 2.69 bits per heavy atom. The molecular weight excluding hydrogens is 222 g/mol. The quantitative estimate of drug-likeness (QED) is 0.783. The molecule has 0 aliphatic carbocycles. The van der Waals surface area contributed by atoms with Gasteiger partial charge in [0.1, 0.15) is 0 Å². The van der Waals surface area contributed by atoms with Crippen molar-refractivity contribution in [1.82, 2.24) is 4.57 Å². The van der Waals surface area contributed by atoms with Gasteiger partial charge in [-0.25, -0.2) is 0 Å². The van der Waals surface area contributed by atoms with Gasteiger partial charge in [0, 0.05) is 18.0 Å².